The molecule has 0 spiro atoms. The highest BCUT2D eigenvalue weighted by Gasteiger charge is 2.39. The lowest BCUT2D eigenvalue weighted by molar-refractivity contribution is 0.213. The Morgan fingerprint density at radius 3 is 1.94 bits per heavy atom. The molecule has 0 amide bonds. The fourth-order valence-corrected chi connectivity index (χ4v) is 5.89. The topological polar surface area (TPSA) is 24.1 Å². The molecule has 2 unspecified atom stereocenters. The average Bonchev–Trinajstić information content (AvgIpc) is 2.90. The molecule has 2 atom stereocenters. The summed E-state index contributed by atoms with van der Waals surface area (Å²) in [5.74, 6) is 4.53. The van der Waals surface area contributed by atoms with Crippen LogP contribution >= 0.6 is 11.8 Å². The Kier molecular flexibility index (Phi) is 4.30. The van der Waals surface area contributed by atoms with E-state index in [-0.39, 0.29) is 0 Å². The summed E-state index contributed by atoms with van der Waals surface area (Å²) in [5, 5.41) is 8.03. The fourth-order valence-electron chi connectivity index (χ4n) is 4.06. The smallest absolute Gasteiger partial charge is 0.0107 e. The molecule has 3 heterocycles. The molecule has 0 bridgehead atoms. The van der Waals surface area contributed by atoms with Gasteiger partial charge in [0.15, 0.2) is 0 Å². The standard InChI is InChI=1S/C14H26N2S/c1-6-15-7-2-11(1)13-5-10-17-14(13)12-3-8-16-9-4-12/h11-16H,1-10H2. The number of rotatable bonds is 2. The highest BCUT2D eigenvalue weighted by Crippen LogP contribution is 2.45. The molecule has 3 heteroatoms. The highest BCUT2D eigenvalue weighted by atomic mass is 32.2. The van der Waals surface area contributed by atoms with Crippen molar-refractivity contribution in [1.82, 2.24) is 10.6 Å². The van der Waals surface area contributed by atoms with E-state index in [1.165, 1.54) is 64.0 Å². The van der Waals surface area contributed by atoms with E-state index in [2.05, 4.69) is 22.4 Å². The zero-order valence-corrected chi connectivity index (χ0v) is 11.6. The Labute approximate surface area is 110 Å². The van der Waals surface area contributed by atoms with Gasteiger partial charge in [-0.05, 0) is 81.8 Å². The van der Waals surface area contributed by atoms with Gasteiger partial charge in [-0.1, -0.05) is 0 Å². The summed E-state index contributed by atoms with van der Waals surface area (Å²) >= 11 is 2.30. The van der Waals surface area contributed by atoms with E-state index in [0.717, 1.165) is 23.0 Å². The minimum atomic E-state index is 1.00. The second-order valence-corrected chi connectivity index (χ2v) is 7.25. The van der Waals surface area contributed by atoms with Crippen molar-refractivity contribution in [1.29, 1.82) is 0 Å². The van der Waals surface area contributed by atoms with Crippen LogP contribution in [0.4, 0.5) is 0 Å². The van der Waals surface area contributed by atoms with Crippen molar-refractivity contribution in [3.63, 3.8) is 0 Å². The quantitative estimate of drug-likeness (QED) is 0.789. The van der Waals surface area contributed by atoms with E-state index in [9.17, 15) is 0 Å². The van der Waals surface area contributed by atoms with Crippen LogP contribution in [0.5, 0.6) is 0 Å². The molecule has 0 aromatic carbocycles. The van der Waals surface area contributed by atoms with E-state index in [0.29, 0.717) is 0 Å². The lowest BCUT2D eigenvalue weighted by Crippen LogP contribution is -2.39. The zero-order chi connectivity index (χ0) is 11.5. The summed E-state index contributed by atoms with van der Waals surface area (Å²) < 4.78 is 0. The average molecular weight is 254 g/mol. The van der Waals surface area contributed by atoms with Crippen LogP contribution in [-0.4, -0.2) is 37.2 Å². The lowest BCUT2D eigenvalue weighted by atomic mass is 9.76. The molecule has 98 valence electrons. The van der Waals surface area contributed by atoms with E-state index in [1.54, 1.807) is 0 Å². The van der Waals surface area contributed by atoms with Crippen molar-refractivity contribution in [2.75, 3.05) is 31.9 Å². The zero-order valence-electron chi connectivity index (χ0n) is 10.8. The van der Waals surface area contributed by atoms with Crippen LogP contribution in [0.15, 0.2) is 0 Å². The summed E-state index contributed by atoms with van der Waals surface area (Å²) in [5.41, 5.74) is 0. The Morgan fingerprint density at radius 1 is 0.706 bits per heavy atom. The molecule has 3 rings (SSSR count). The van der Waals surface area contributed by atoms with Gasteiger partial charge in [0.05, 0.1) is 0 Å². The van der Waals surface area contributed by atoms with Gasteiger partial charge in [-0.15, -0.1) is 0 Å². The van der Waals surface area contributed by atoms with E-state index in [1.807, 2.05) is 0 Å². The molecule has 3 aliphatic heterocycles. The Balaban J connectivity index is 1.61. The largest absolute Gasteiger partial charge is 0.317 e. The molecule has 3 fully saturated rings. The monoisotopic (exact) mass is 254 g/mol. The molecular formula is C14H26N2S. The third-order valence-corrected chi connectivity index (χ3v) is 6.61. The van der Waals surface area contributed by atoms with Crippen molar-refractivity contribution in [2.24, 2.45) is 17.8 Å². The van der Waals surface area contributed by atoms with Gasteiger partial charge in [0.25, 0.3) is 0 Å². The first-order chi connectivity index (χ1) is 8.45. The first-order valence-electron chi connectivity index (χ1n) is 7.48. The number of hydrogen-bond donors (Lipinski definition) is 2. The normalized spacial score (nSPS) is 37.4. The van der Waals surface area contributed by atoms with Gasteiger partial charge < -0.3 is 10.6 Å². The van der Waals surface area contributed by atoms with Crippen molar-refractivity contribution in [3.8, 4) is 0 Å². The Bertz CT molecular complexity index is 210. The maximum absolute atomic E-state index is 3.52. The predicted molar refractivity (Wildman–Crippen MR) is 75.5 cm³/mol. The molecule has 0 saturated carbocycles. The molecule has 2 nitrogen and oxygen atoms in total. The molecule has 0 radical (unpaired) electrons. The summed E-state index contributed by atoms with van der Waals surface area (Å²) in [7, 11) is 0. The highest BCUT2D eigenvalue weighted by molar-refractivity contribution is 8.00. The van der Waals surface area contributed by atoms with Crippen molar-refractivity contribution in [3.05, 3.63) is 0 Å². The molecule has 0 aliphatic carbocycles. The van der Waals surface area contributed by atoms with Crippen LogP contribution in [0.3, 0.4) is 0 Å². The molecule has 17 heavy (non-hydrogen) atoms. The third kappa shape index (κ3) is 2.82. The van der Waals surface area contributed by atoms with Gasteiger partial charge in [-0.25, -0.2) is 0 Å². The second-order valence-electron chi connectivity index (χ2n) is 5.96. The van der Waals surface area contributed by atoms with Crippen LogP contribution in [0.25, 0.3) is 0 Å². The molecule has 3 saturated heterocycles. The molecular weight excluding hydrogens is 228 g/mol. The Morgan fingerprint density at radius 2 is 1.29 bits per heavy atom. The minimum Gasteiger partial charge on any atom is -0.317 e. The van der Waals surface area contributed by atoms with Crippen molar-refractivity contribution in [2.45, 2.75) is 37.4 Å². The number of piperidine rings is 2. The second kappa shape index (κ2) is 5.94. The summed E-state index contributed by atoms with van der Waals surface area (Å²) in [6, 6.07) is 0. The van der Waals surface area contributed by atoms with Gasteiger partial charge in [-0.3, -0.25) is 0 Å². The summed E-state index contributed by atoms with van der Waals surface area (Å²) in [6.07, 6.45) is 7.24. The van der Waals surface area contributed by atoms with Crippen molar-refractivity contribution >= 4 is 11.8 Å². The first-order valence-corrected chi connectivity index (χ1v) is 8.53. The number of thioether (sulfide) groups is 1. The minimum absolute atomic E-state index is 1.00. The molecule has 0 aromatic heterocycles. The van der Waals surface area contributed by atoms with Crippen LogP contribution in [0.1, 0.15) is 32.1 Å². The van der Waals surface area contributed by atoms with Gasteiger partial charge in [0.2, 0.25) is 0 Å². The van der Waals surface area contributed by atoms with Gasteiger partial charge in [0, 0.05) is 5.25 Å². The molecule has 0 aromatic rings. The van der Waals surface area contributed by atoms with E-state index >= 15 is 0 Å². The molecule has 2 N–H and O–H groups in total. The SMILES string of the molecule is C1CC(C2CCSC2C2CCNCC2)CCN1. The van der Waals surface area contributed by atoms with Gasteiger partial charge >= 0.3 is 0 Å². The first kappa shape index (κ1) is 12.3. The van der Waals surface area contributed by atoms with Crippen LogP contribution < -0.4 is 10.6 Å². The van der Waals surface area contributed by atoms with Gasteiger partial charge in [-0.2, -0.15) is 11.8 Å². The predicted octanol–water partition coefficient (Wildman–Crippen LogP) is 2.11. The van der Waals surface area contributed by atoms with Crippen molar-refractivity contribution < 1.29 is 0 Å². The van der Waals surface area contributed by atoms with Gasteiger partial charge in [0.1, 0.15) is 0 Å². The summed E-state index contributed by atoms with van der Waals surface area (Å²) in [6.45, 7) is 5.07. The van der Waals surface area contributed by atoms with Crippen LogP contribution in [-0.2, 0) is 0 Å². The molecule has 3 aliphatic rings. The van der Waals surface area contributed by atoms with Crippen LogP contribution in [0, 0.1) is 17.8 Å². The Hall–Kier alpha value is 0.270. The van der Waals surface area contributed by atoms with E-state index < -0.39 is 0 Å². The fraction of sp³-hybridized carbons (Fsp3) is 1.00. The maximum Gasteiger partial charge on any atom is 0.0107 e. The number of hydrogen-bond acceptors (Lipinski definition) is 3. The third-order valence-electron chi connectivity index (χ3n) is 5.02. The lowest BCUT2D eigenvalue weighted by Gasteiger charge is -2.36. The van der Waals surface area contributed by atoms with E-state index in [4.69, 9.17) is 0 Å². The number of nitrogens with one attached hydrogen (secondary N) is 2. The summed E-state index contributed by atoms with van der Waals surface area (Å²) in [4.78, 5) is 0. The van der Waals surface area contributed by atoms with Crippen LogP contribution in [0.2, 0.25) is 0 Å². The maximum atomic E-state index is 3.52.